The molecule has 12 heteroatoms. The first kappa shape index (κ1) is 23.9. The Morgan fingerprint density at radius 1 is 1.14 bits per heavy atom. The molecule has 0 fully saturated rings. The van der Waals surface area contributed by atoms with Crippen LogP contribution in [0.3, 0.4) is 0 Å². The second-order valence-corrected chi connectivity index (χ2v) is 10.5. The van der Waals surface area contributed by atoms with Crippen LogP contribution < -0.4 is 10.2 Å². The number of hydrogen-bond acceptors (Lipinski definition) is 8. The number of halogens is 1. The number of amides is 3. The maximum Gasteiger partial charge on any atom is 0.270 e. The first-order valence-electron chi connectivity index (χ1n) is 10.5. The zero-order valence-corrected chi connectivity index (χ0v) is 20.9. The van der Waals surface area contributed by atoms with E-state index in [0.717, 1.165) is 21.2 Å². The third kappa shape index (κ3) is 4.32. The molecule has 4 aromatic rings. The lowest BCUT2D eigenvalue weighted by Crippen LogP contribution is -2.29. The van der Waals surface area contributed by atoms with Crippen LogP contribution in [0.1, 0.15) is 26.3 Å². The summed E-state index contributed by atoms with van der Waals surface area (Å²) in [5.41, 5.74) is 2.28. The highest BCUT2D eigenvalue weighted by atomic mass is 35.5. The first-order valence-corrected chi connectivity index (χ1v) is 12.7. The van der Waals surface area contributed by atoms with Gasteiger partial charge in [-0.3, -0.25) is 24.5 Å². The molecule has 5 rings (SSSR count). The van der Waals surface area contributed by atoms with E-state index >= 15 is 0 Å². The highest BCUT2D eigenvalue weighted by Crippen LogP contribution is 2.36. The summed E-state index contributed by atoms with van der Waals surface area (Å²) < 4.78 is 1.38. The second kappa shape index (κ2) is 9.34. The molecule has 0 radical (unpaired) electrons. The molecular formula is C24H15ClN4O5S2. The van der Waals surface area contributed by atoms with Crippen molar-refractivity contribution in [1.82, 2.24) is 4.98 Å². The number of imide groups is 1. The Labute approximate surface area is 217 Å². The molecule has 0 bridgehead atoms. The fourth-order valence-electron chi connectivity index (χ4n) is 3.73. The van der Waals surface area contributed by atoms with Crippen molar-refractivity contribution in [3.63, 3.8) is 0 Å². The van der Waals surface area contributed by atoms with Gasteiger partial charge in [0.15, 0.2) is 4.34 Å². The minimum Gasteiger partial charge on any atom is -0.325 e. The molecule has 36 heavy (non-hydrogen) atoms. The first-order chi connectivity index (χ1) is 17.2. The van der Waals surface area contributed by atoms with Gasteiger partial charge in [-0.2, -0.15) is 0 Å². The van der Waals surface area contributed by atoms with Gasteiger partial charge in [0.05, 0.1) is 37.7 Å². The second-order valence-electron chi connectivity index (χ2n) is 7.81. The van der Waals surface area contributed by atoms with E-state index in [1.165, 1.54) is 35.2 Å². The van der Waals surface area contributed by atoms with E-state index in [1.54, 1.807) is 36.4 Å². The van der Waals surface area contributed by atoms with Crippen molar-refractivity contribution in [2.24, 2.45) is 0 Å². The maximum absolute atomic E-state index is 12.9. The monoisotopic (exact) mass is 538 g/mol. The van der Waals surface area contributed by atoms with Crippen LogP contribution >= 0.6 is 34.7 Å². The number of carbonyl (C=O) groups is 3. The van der Waals surface area contributed by atoms with E-state index in [9.17, 15) is 24.5 Å². The van der Waals surface area contributed by atoms with Crippen LogP contribution in [0.2, 0.25) is 5.02 Å². The average molecular weight is 539 g/mol. The van der Waals surface area contributed by atoms with Gasteiger partial charge in [0.1, 0.15) is 0 Å². The summed E-state index contributed by atoms with van der Waals surface area (Å²) in [7, 11) is 0. The number of rotatable bonds is 6. The van der Waals surface area contributed by atoms with E-state index in [-0.39, 0.29) is 28.5 Å². The number of nitrogens with one attached hydrogen (secondary N) is 1. The lowest BCUT2D eigenvalue weighted by molar-refractivity contribution is -0.384. The highest BCUT2D eigenvalue weighted by Gasteiger charge is 2.38. The normalized spacial score (nSPS) is 12.8. The third-order valence-corrected chi connectivity index (χ3v) is 8.13. The van der Waals surface area contributed by atoms with Crippen molar-refractivity contribution in [2.45, 2.75) is 11.3 Å². The van der Waals surface area contributed by atoms with E-state index in [4.69, 9.17) is 11.6 Å². The third-order valence-electron chi connectivity index (χ3n) is 5.56. The number of thiazole rings is 1. The number of nitro groups is 1. The maximum atomic E-state index is 12.9. The minimum atomic E-state index is -0.620. The number of carbonyl (C=O) groups excluding carboxylic acids is 3. The van der Waals surface area contributed by atoms with E-state index < -0.39 is 16.7 Å². The molecule has 0 aliphatic carbocycles. The number of hydrogen-bond donors (Lipinski definition) is 1. The summed E-state index contributed by atoms with van der Waals surface area (Å²) in [5, 5.41) is 14.5. The van der Waals surface area contributed by atoms with Gasteiger partial charge < -0.3 is 5.32 Å². The largest absolute Gasteiger partial charge is 0.325 e. The molecule has 0 saturated carbocycles. The lowest BCUT2D eigenvalue weighted by atomic mass is 10.1. The number of fused-ring (bicyclic) bond motifs is 2. The van der Waals surface area contributed by atoms with Gasteiger partial charge in [0.25, 0.3) is 17.5 Å². The Bertz CT molecular complexity index is 1600. The molecule has 2 heterocycles. The number of aromatic nitrogens is 1. The molecule has 3 aromatic carbocycles. The number of non-ortho nitro benzene ring substituents is 1. The quantitative estimate of drug-likeness (QED) is 0.145. The van der Waals surface area contributed by atoms with Crippen molar-refractivity contribution in [3.05, 3.63) is 86.4 Å². The van der Waals surface area contributed by atoms with Gasteiger partial charge in [0, 0.05) is 22.8 Å². The van der Waals surface area contributed by atoms with Gasteiger partial charge in [0.2, 0.25) is 5.91 Å². The predicted molar refractivity (Wildman–Crippen MR) is 139 cm³/mol. The highest BCUT2D eigenvalue weighted by molar-refractivity contribution is 8.01. The molecule has 0 spiro atoms. The Balaban J connectivity index is 1.32. The standard InChI is InChI=1S/C24H15ClN4O5S2/c1-12-17(25)3-2-4-18(12)26-21(30)11-35-24-27-19-8-6-13(10-20(19)36-24)28-22(31)15-7-5-14(29(33)34)9-16(15)23(28)32/h2-10H,11H2,1H3,(H,26,30). The van der Waals surface area contributed by atoms with Crippen molar-refractivity contribution in [1.29, 1.82) is 0 Å². The minimum absolute atomic E-state index is 0.00389. The average Bonchev–Trinajstić information content (AvgIpc) is 3.37. The summed E-state index contributed by atoms with van der Waals surface area (Å²) in [6.07, 6.45) is 0. The molecule has 1 N–H and O–H groups in total. The van der Waals surface area contributed by atoms with Crippen LogP contribution in [0.5, 0.6) is 0 Å². The van der Waals surface area contributed by atoms with Crippen molar-refractivity contribution >= 4 is 79.7 Å². The summed E-state index contributed by atoms with van der Waals surface area (Å²) >= 11 is 8.70. The summed E-state index contributed by atoms with van der Waals surface area (Å²) in [6, 6.07) is 13.9. The van der Waals surface area contributed by atoms with Crippen LogP contribution in [-0.4, -0.2) is 33.4 Å². The van der Waals surface area contributed by atoms with Gasteiger partial charge >= 0.3 is 0 Å². The summed E-state index contributed by atoms with van der Waals surface area (Å²) in [5.74, 6) is -1.23. The molecule has 180 valence electrons. The van der Waals surface area contributed by atoms with Crippen molar-refractivity contribution in [3.8, 4) is 0 Å². The number of nitrogens with zero attached hydrogens (tertiary/aromatic N) is 3. The molecule has 1 aliphatic heterocycles. The van der Waals surface area contributed by atoms with Crippen molar-refractivity contribution < 1.29 is 19.3 Å². The molecule has 0 unspecified atom stereocenters. The topological polar surface area (TPSA) is 123 Å². The van der Waals surface area contributed by atoms with E-state index in [2.05, 4.69) is 10.3 Å². The molecule has 0 atom stereocenters. The Morgan fingerprint density at radius 2 is 1.92 bits per heavy atom. The molecule has 9 nitrogen and oxygen atoms in total. The van der Waals surface area contributed by atoms with Crippen LogP contribution in [0, 0.1) is 17.0 Å². The summed E-state index contributed by atoms with van der Waals surface area (Å²) in [6.45, 7) is 1.83. The van der Waals surface area contributed by atoms with Gasteiger partial charge in [-0.1, -0.05) is 29.4 Å². The molecule has 1 aromatic heterocycles. The Hall–Kier alpha value is -3.80. The zero-order chi connectivity index (χ0) is 25.6. The number of anilines is 2. The summed E-state index contributed by atoms with van der Waals surface area (Å²) in [4.78, 5) is 54.2. The Kier molecular flexibility index (Phi) is 6.20. The number of thioether (sulfide) groups is 1. The fraction of sp³-hybridized carbons (Fsp3) is 0.0833. The van der Waals surface area contributed by atoms with Crippen molar-refractivity contribution in [2.75, 3.05) is 16.0 Å². The molecule has 1 aliphatic rings. The van der Waals surface area contributed by atoms with Crippen LogP contribution in [0.15, 0.2) is 58.9 Å². The SMILES string of the molecule is Cc1c(Cl)cccc1NC(=O)CSc1nc2ccc(N3C(=O)c4ccc([N+](=O)[O-])cc4C3=O)cc2s1. The molecular weight excluding hydrogens is 524 g/mol. The predicted octanol–water partition coefficient (Wildman–Crippen LogP) is 5.70. The van der Waals surface area contributed by atoms with Gasteiger partial charge in [-0.15, -0.1) is 11.3 Å². The van der Waals surface area contributed by atoms with Gasteiger partial charge in [-0.25, -0.2) is 9.88 Å². The fourth-order valence-corrected chi connectivity index (χ4v) is 5.80. The van der Waals surface area contributed by atoms with Crippen LogP contribution in [-0.2, 0) is 4.79 Å². The Morgan fingerprint density at radius 3 is 2.69 bits per heavy atom. The smallest absolute Gasteiger partial charge is 0.270 e. The lowest BCUT2D eigenvalue weighted by Gasteiger charge is -2.13. The van der Waals surface area contributed by atoms with Crippen LogP contribution in [0.4, 0.5) is 17.1 Å². The number of benzene rings is 3. The zero-order valence-electron chi connectivity index (χ0n) is 18.5. The molecule has 0 saturated heterocycles. The molecule has 3 amide bonds. The van der Waals surface area contributed by atoms with Crippen LogP contribution in [0.25, 0.3) is 10.2 Å². The van der Waals surface area contributed by atoms with E-state index in [0.29, 0.717) is 26.3 Å². The van der Waals surface area contributed by atoms with E-state index in [1.807, 2.05) is 6.92 Å². The van der Waals surface area contributed by atoms with Gasteiger partial charge in [-0.05, 0) is 48.9 Å². The number of nitro benzene ring substituents is 1.